The molecule has 8 heteroatoms. The lowest BCUT2D eigenvalue weighted by Gasteiger charge is -2.05. The van der Waals surface area contributed by atoms with Gasteiger partial charge in [-0.05, 0) is 17.9 Å². The second kappa shape index (κ2) is 5.68. The van der Waals surface area contributed by atoms with E-state index >= 15 is 0 Å². The van der Waals surface area contributed by atoms with Gasteiger partial charge in [0, 0.05) is 18.1 Å². The molecule has 6 nitrogen and oxygen atoms in total. The van der Waals surface area contributed by atoms with Crippen molar-refractivity contribution in [3.63, 3.8) is 0 Å². The molecule has 3 aromatic heterocycles. The van der Waals surface area contributed by atoms with Crippen LogP contribution >= 0.6 is 22.9 Å². The van der Waals surface area contributed by atoms with E-state index in [2.05, 4.69) is 26.8 Å². The minimum atomic E-state index is -0.0283. The summed E-state index contributed by atoms with van der Waals surface area (Å²) in [7, 11) is 0. The Morgan fingerprint density at radius 2 is 2.35 bits per heavy atom. The average molecular weight is 307 g/mol. The number of anilines is 1. The number of aromatic nitrogens is 4. The highest BCUT2D eigenvalue weighted by atomic mass is 32.1. The molecule has 0 unspecified atom stereocenters. The minimum Gasteiger partial charge on any atom is -0.374 e. The average Bonchev–Trinajstić information content (AvgIpc) is 3.09. The molecule has 0 amide bonds. The molecule has 0 bridgehead atoms. The number of nitrogens with zero attached hydrogens (tertiary/aromatic N) is 4. The van der Waals surface area contributed by atoms with E-state index < -0.39 is 0 Å². The molecule has 3 aromatic rings. The van der Waals surface area contributed by atoms with Gasteiger partial charge in [0.1, 0.15) is 15.4 Å². The molecule has 1 N–H and O–H groups in total. The molecular formula is C12H13N5OS2. The van der Waals surface area contributed by atoms with Gasteiger partial charge in [-0.25, -0.2) is 4.98 Å². The van der Waals surface area contributed by atoms with E-state index in [1.165, 1.54) is 22.9 Å². The van der Waals surface area contributed by atoms with Gasteiger partial charge >= 0.3 is 0 Å². The van der Waals surface area contributed by atoms with E-state index in [9.17, 15) is 4.79 Å². The van der Waals surface area contributed by atoms with Crippen LogP contribution in [0.1, 0.15) is 19.0 Å². The third-order valence-electron chi connectivity index (χ3n) is 2.85. The van der Waals surface area contributed by atoms with Crippen molar-refractivity contribution in [1.82, 2.24) is 19.1 Å². The number of fused-ring (bicyclic) bond motifs is 1. The third kappa shape index (κ3) is 2.44. The maximum Gasteiger partial charge on any atom is 0.271 e. The van der Waals surface area contributed by atoms with Gasteiger partial charge in [-0.1, -0.05) is 11.4 Å². The molecule has 0 saturated heterocycles. The zero-order chi connectivity index (χ0) is 13.9. The van der Waals surface area contributed by atoms with Gasteiger partial charge in [0.05, 0.1) is 18.4 Å². The van der Waals surface area contributed by atoms with Crippen LogP contribution in [-0.2, 0) is 6.54 Å². The van der Waals surface area contributed by atoms with E-state index in [1.54, 1.807) is 10.9 Å². The first-order valence-electron chi connectivity index (χ1n) is 6.27. The van der Waals surface area contributed by atoms with E-state index in [4.69, 9.17) is 0 Å². The van der Waals surface area contributed by atoms with Crippen LogP contribution in [-0.4, -0.2) is 25.7 Å². The van der Waals surface area contributed by atoms with E-state index in [1.807, 2.05) is 11.4 Å². The molecule has 0 fully saturated rings. The molecule has 3 rings (SSSR count). The Balaban J connectivity index is 1.91. The summed E-state index contributed by atoms with van der Waals surface area (Å²) < 4.78 is 6.20. The molecule has 0 aliphatic rings. The molecule has 0 aliphatic carbocycles. The highest BCUT2D eigenvalue weighted by Crippen LogP contribution is 2.19. The molecule has 0 saturated carbocycles. The lowest BCUT2D eigenvalue weighted by atomic mass is 10.4. The van der Waals surface area contributed by atoms with Crippen LogP contribution in [0.2, 0.25) is 0 Å². The largest absolute Gasteiger partial charge is 0.374 e. The Labute approximate surface area is 123 Å². The highest BCUT2D eigenvalue weighted by molar-refractivity contribution is 7.17. The lowest BCUT2D eigenvalue weighted by molar-refractivity contribution is 0.727. The van der Waals surface area contributed by atoms with Crippen LogP contribution in [0.3, 0.4) is 0 Å². The van der Waals surface area contributed by atoms with Gasteiger partial charge in [-0.2, -0.15) is 0 Å². The normalized spacial score (nSPS) is 11.1. The van der Waals surface area contributed by atoms with Gasteiger partial charge in [0.15, 0.2) is 0 Å². The summed E-state index contributed by atoms with van der Waals surface area (Å²) in [4.78, 5) is 16.6. The van der Waals surface area contributed by atoms with Crippen molar-refractivity contribution in [3.05, 3.63) is 33.8 Å². The monoisotopic (exact) mass is 307 g/mol. The van der Waals surface area contributed by atoms with E-state index in [-0.39, 0.29) is 5.56 Å². The highest BCUT2D eigenvalue weighted by Gasteiger charge is 2.11. The van der Waals surface area contributed by atoms with Gasteiger partial charge < -0.3 is 5.32 Å². The van der Waals surface area contributed by atoms with Crippen LogP contribution in [0, 0.1) is 0 Å². The first-order valence-corrected chi connectivity index (χ1v) is 7.92. The number of nitrogens with one attached hydrogen (secondary N) is 1. The van der Waals surface area contributed by atoms with Crippen molar-refractivity contribution < 1.29 is 0 Å². The van der Waals surface area contributed by atoms with Crippen LogP contribution in [0.25, 0.3) is 10.2 Å². The Morgan fingerprint density at radius 3 is 3.20 bits per heavy atom. The predicted molar refractivity (Wildman–Crippen MR) is 81.7 cm³/mol. The first kappa shape index (κ1) is 13.2. The van der Waals surface area contributed by atoms with Gasteiger partial charge in [0.25, 0.3) is 5.56 Å². The summed E-state index contributed by atoms with van der Waals surface area (Å²) in [6.07, 6.45) is 2.60. The molecule has 20 heavy (non-hydrogen) atoms. The summed E-state index contributed by atoms with van der Waals surface area (Å²) in [5.74, 6) is 0. The third-order valence-corrected chi connectivity index (χ3v) is 4.46. The Hall–Kier alpha value is -1.80. The summed E-state index contributed by atoms with van der Waals surface area (Å²) in [6.45, 7) is 3.36. The molecular weight excluding hydrogens is 294 g/mol. The maximum absolute atomic E-state index is 12.3. The molecule has 0 spiro atoms. The summed E-state index contributed by atoms with van der Waals surface area (Å²) in [6, 6.07) is 1.85. The number of thiophene rings is 1. The van der Waals surface area contributed by atoms with Crippen LogP contribution in [0.5, 0.6) is 0 Å². The van der Waals surface area contributed by atoms with Crippen LogP contribution in [0.4, 0.5) is 5.00 Å². The Morgan fingerprint density at radius 1 is 1.45 bits per heavy atom. The fraction of sp³-hybridized carbons (Fsp3) is 0.333. The second-order valence-electron chi connectivity index (χ2n) is 4.29. The zero-order valence-corrected chi connectivity index (χ0v) is 12.5. The topological polar surface area (TPSA) is 72.7 Å². The second-order valence-corrected chi connectivity index (χ2v) is 5.96. The number of hydrogen-bond acceptors (Lipinski definition) is 7. The van der Waals surface area contributed by atoms with Crippen LogP contribution in [0.15, 0.2) is 22.6 Å². The molecule has 0 aromatic carbocycles. The van der Waals surface area contributed by atoms with Crippen molar-refractivity contribution in [3.8, 4) is 0 Å². The fourth-order valence-electron chi connectivity index (χ4n) is 1.84. The lowest BCUT2D eigenvalue weighted by Crippen LogP contribution is -2.21. The Kier molecular flexibility index (Phi) is 3.75. The smallest absolute Gasteiger partial charge is 0.271 e. The summed E-state index contributed by atoms with van der Waals surface area (Å²) >= 11 is 2.73. The number of hydrogen-bond donors (Lipinski definition) is 1. The van der Waals surface area contributed by atoms with Crippen molar-refractivity contribution in [2.75, 3.05) is 11.9 Å². The molecule has 0 aliphatic heterocycles. The Bertz CT molecular complexity index is 775. The standard InChI is InChI=1S/C12H13N5OS2/c1-2-4-13-11-9(15-16-20-11)6-17-7-14-8-3-5-19-10(8)12(17)18/h3,5,7,13H,2,4,6H2,1H3. The van der Waals surface area contributed by atoms with Gasteiger partial charge in [-0.3, -0.25) is 9.36 Å². The summed E-state index contributed by atoms with van der Waals surface area (Å²) in [5.41, 5.74) is 1.50. The van der Waals surface area contributed by atoms with Crippen molar-refractivity contribution in [2.24, 2.45) is 0 Å². The first-order chi connectivity index (χ1) is 9.79. The van der Waals surface area contributed by atoms with E-state index in [0.29, 0.717) is 11.2 Å². The zero-order valence-electron chi connectivity index (χ0n) is 10.9. The van der Waals surface area contributed by atoms with Crippen molar-refractivity contribution >= 4 is 38.1 Å². The molecule has 104 valence electrons. The molecule has 3 heterocycles. The fourth-order valence-corrected chi connectivity index (χ4v) is 3.23. The minimum absolute atomic E-state index is 0.0283. The van der Waals surface area contributed by atoms with Crippen LogP contribution < -0.4 is 10.9 Å². The molecule has 0 radical (unpaired) electrons. The number of rotatable bonds is 5. The predicted octanol–water partition coefficient (Wildman–Crippen LogP) is 2.18. The molecule has 0 atom stereocenters. The van der Waals surface area contributed by atoms with Crippen molar-refractivity contribution in [2.45, 2.75) is 19.9 Å². The van der Waals surface area contributed by atoms with Crippen molar-refractivity contribution in [1.29, 1.82) is 0 Å². The summed E-state index contributed by atoms with van der Waals surface area (Å²) in [5, 5.41) is 10.2. The maximum atomic E-state index is 12.3. The van der Waals surface area contributed by atoms with E-state index in [0.717, 1.165) is 29.2 Å². The quantitative estimate of drug-likeness (QED) is 0.782. The SMILES string of the molecule is CCCNc1snnc1Cn1cnc2ccsc2c1=O. The van der Waals surface area contributed by atoms with Gasteiger partial charge in [0.2, 0.25) is 0 Å². The van der Waals surface area contributed by atoms with Gasteiger partial charge in [-0.15, -0.1) is 16.4 Å².